The number of hydrogen-bond acceptors (Lipinski definition) is 4. The van der Waals surface area contributed by atoms with Gasteiger partial charge in [0.2, 0.25) is 0 Å². The zero-order valence-electron chi connectivity index (χ0n) is 13.8. The summed E-state index contributed by atoms with van der Waals surface area (Å²) >= 11 is 1.49. The quantitative estimate of drug-likeness (QED) is 0.727. The Morgan fingerprint density at radius 2 is 1.96 bits per heavy atom. The Bertz CT molecular complexity index is 941. The third-order valence-electron chi connectivity index (χ3n) is 4.11. The predicted molar refractivity (Wildman–Crippen MR) is 100 cm³/mol. The molecule has 2 heterocycles. The van der Waals surface area contributed by atoms with Gasteiger partial charge in [0.25, 0.3) is 11.8 Å². The van der Waals surface area contributed by atoms with E-state index in [0.717, 1.165) is 16.5 Å². The molecule has 1 aliphatic rings. The van der Waals surface area contributed by atoms with Crippen LogP contribution < -0.4 is 10.2 Å². The molecule has 0 bridgehead atoms. The highest BCUT2D eigenvalue weighted by Gasteiger charge is 2.35. The lowest BCUT2D eigenvalue weighted by Gasteiger charge is -2.24. The number of ether oxygens (including phenoxy) is 1. The summed E-state index contributed by atoms with van der Waals surface area (Å²) in [4.78, 5) is 27.7. The van der Waals surface area contributed by atoms with Crippen molar-refractivity contribution in [2.75, 3.05) is 12.4 Å². The van der Waals surface area contributed by atoms with Crippen LogP contribution in [0, 0.1) is 0 Å². The number of aromatic amines is 1. The summed E-state index contributed by atoms with van der Waals surface area (Å²) < 4.78 is 5.45. The lowest BCUT2D eigenvalue weighted by molar-refractivity contribution is -0.140. The van der Waals surface area contributed by atoms with E-state index in [4.69, 9.17) is 4.74 Å². The summed E-state index contributed by atoms with van der Waals surface area (Å²) in [6.07, 6.45) is 1.89. The number of nitrogens with zero attached hydrogens (tertiary/aromatic N) is 1. The predicted octanol–water partition coefficient (Wildman–Crippen LogP) is 2.85. The zero-order chi connectivity index (χ0) is 17.9. The minimum absolute atomic E-state index is 0.127. The van der Waals surface area contributed by atoms with Crippen molar-refractivity contribution >= 4 is 34.5 Å². The zero-order valence-corrected chi connectivity index (χ0v) is 14.7. The summed E-state index contributed by atoms with van der Waals surface area (Å²) in [6, 6.07) is 17.0. The first-order valence-corrected chi connectivity index (χ1v) is 9.24. The topological polar surface area (TPSA) is 74.4 Å². The Kier molecular flexibility index (Phi) is 4.53. The van der Waals surface area contributed by atoms with Gasteiger partial charge in [-0.15, -0.1) is 11.8 Å². The van der Waals surface area contributed by atoms with Gasteiger partial charge < -0.3 is 9.72 Å². The standard InChI is InChI=1S/C19H17N3O3S/c23-17(11-25-13-6-2-1-3-7-13)21-22-18(24)12-26-19(22)15-10-20-16-9-5-4-8-14(15)16/h1-10,19-20H,11-12H2,(H,21,23)/t19-/m0/s1. The number of thioether (sulfide) groups is 1. The highest BCUT2D eigenvalue weighted by Crippen LogP contribution is 2.40. The van der Waals surface area contributed by atoms with Crippen LogP contribution in [-0.2, 0) is 9.59 Å². The summed E-state index contributed by atoms with van der Waals surface area (Å²) in [5.74, 6) is 0.440. The number of carbonyl (C=O) groups is 2. The van der Waals surface area contributed by atoms with Gasteiger partial charge in [-0.05, 0) is 18.2 Å². The van der Waals surface area contributed by atoms with Gasteiger partial charge in [-0.3, -0.25) is 15.0 Å². The average molecular weight is 367 g/mol. The monoisotopic (exact) mass is 367 g/mol. The van der Waals surface area contributed by atoms with Crippen LogP contribution in [0.5, 0.6) is 5.75 Å². The molecule has 132 valence electrons. The van der Waals surface area contributed by atoms with Crippen molar-refractivity contribution in [1.29, 1.82) is 0 Å². The Labute approximate surface area is 154 Å². The van der Waals surface area contributed by atoms with Gasteiger partial charge in [-0.25, -0.2) is 5.01 Å². The Morgan fingerprint density at radius 3 is 2.81 bits per heavy atom. The fourth-order valence-electron chi connectivity index (χ4n) is 2.91. The van der Waals surface area contributed by atoms with Crippen molar-refractivity contribution < 1.29 is 14.3 Å². The van der Waals surface area contributed by atoms with Gasteiger partial charge in [0.1, 0.15) is 11.1 Å². The molecule has 2 amide bonds. The molecule has 0 aliphatic carbocycles. The van der Waals surface area contributed by atoms with Crippen molar-refractivity contribution in [3.63, 3.8) is 0 Å². The number of nitrogens with one attached hydrogen (secondary N) is 2. The normalized spacial score (nSPS) is 16.8. The Morgan fingerprint density at radius 1 is 1.19 bits per heavy atom. The van der Waals surface area contributed by atoms with Crippen molar-refractivity contribution in [3.05, 3.63) is 66.4 Å². The van der Waals surface area contributed by atoms with Crippen molar-refractivity contribution in [3.8, 4) is 5.75 Å². The Hall–Kier alpha value is -2.93. The van der Waals surface area contributed by atoms with E-state index >= 15 is 0 Å². The number of H-pyrrole nitrogens is 1. The van der Waals surface area contributed by atoms with E-state index in [9.17, 15) is 9.59 Å². The number of rotatable bonds is 5. The van der Waals surface area contributed by atoms with Crippen LogP contribution in [0.1, 0.15) is 10.9 Å². The van der Waals surface area contributed by atoms with Crippen LogP contribution in [0.25, 0.3) is 10.9 Å². The van der Waals surface area contributed by atoms with Crippen molar-refractivity contribution in [2.24, 2.45) is 0 Å². The van der Waals surface area contributed by atoms with E-state index in [1.165, 1.54) is 16.8 Å². The summed E-state index contributed by atoms with van der Waals surface area (Å²) in [7, 11) is 0. The van der Waals surface area contributed by atoms with Gasteiger partial charge >= 0.3 is 0 Å². The van der Waals surface area contributed by atoms with Crippen LogP contribution in [0.4, 0.5) is 0 Å². The third-order valence-corrected chi connectivity index (χ3v) is 5.31. The smallest absolute Gasteiger partial charge is 0.276 e. The fourth-order valence-corrected chi connectivity index (χ4v) is 4.04. The molecule has 2 aromatic carbocycles. The maximum Gasteiger partial charge on any atom is 0.276 e. The highest BCUT2D eigenvalue weighted by atomic mass is 32.2. The highest BCUT2D eigenvalue weighted by molar-refractivity contribution is 8.00. The summed E-state index contributed by atoms with van der Waals surface area (Å²) in [5.41, 5.74) is 4.66. The molecule has 1 fully saturated rings. The fraction of sp³-hybridized carbons (Fsp3) is 0.158. The lowest BCUT2D eigenvalue weighted by atomic mass is 10.1. The lowest BCUT2D eigenvalue weighted by Crippen LogP contribution is -2.46. The molecule has 1 aliphatic heterocycles. The minimum atomic E-state index is -0.366. The molecule has 0 saturated carbocycles. The largest absolute Gasteiger partial charge is 0.484 e. The summed E-state index contributed by atoms with van der Waals surface area (Å²) in [5, 5.41) is 2.18. The van der Waals surface area contributed by atoms with Crippen LogP contribution in [0.2, 0.25) is 0 Å². The second kappa shape index (κ2) is 7.13. The van der Waals surface area contributed by atoms with Gasteiger partial charge in [0.05, 0.1) is 5.75 Å². The number of fused-ring (bicyclic) bond motifs is 1. The summed E-state index contributed by atoms with van der Waals surface area (Å²) in [6.45, 7) is -0.154. The number of aromatic nitrogens is 1. The molecule has 0 radical (unpaired) electrons. The van der Waals surface area contributed by atoms with Crippen LogP contribution in [0.15, 0.2) is 60.8 Å². The Balaban J connectivity index is 1.47. The molecule has 1 aromatic heterocycles. The van der Waals surface area contributed by atoms with Crippen molar-refractivity contribution in [1.82, 2.24) is 15.4 Å². The minimum Gasteiger partial charge on any atom is -0.484 e. The van der Waals surface area contributed by atoms with Crippen LogP contribution in [-0.4, -0.2) is 34.2 Å². The molecule has 1 saturated heterocycles. The molecule has 6 nitrogen and oxygen atoms in total. The van der Waals surface area contributed by atoms with Gasteiger partial charge in [0.15, 0.2) is 6.61 Å². The van der Waals surface area contributed by atoms with E-state index in [2.05, 4.69) is 10.4 Å². The molecule has 7 heteroatoms. The number of hydrogen-bond donors (Lipinski definition) is 2. The second-order valence-electron chi connectivity index (χ2n) is 5.85. The molecule has 2 N–H and O–H groups in total. The van der Waals surface area contributed by atoms with Gasteiger partial charge in [-0.2, -0.15) is 0 Å². The van der Waals surface area contributed by atoms with E-state index in [1.807, 2.05) is 48.7 Å². The first-order chi connectivity index (χ1) is 12.7. The van der Waals surface area contributed by atoms with E-state index in [-0.39, 0.29) is 23.8 Å². The van der Waals surface area contributed by atoms with E-state index < -0.39 is 0 Å². The molecular formula is C19H17N3O3S. The molecule has 0 unspecified atom stereocenters. The van der Waals surface area contributed by atoms with Gasteiger partial charge in [0, 0.05) is 22.7 Å². The second-order valence-corrected chi connectivity index (χ2v) is 6.92. The van der Waals surface area contributed by atoms with E-state index in [1.54, 1.807) is 12.1 Å². The molecule has 4 rings (SSSR count). The number of benzene rings is 2. The molecule has 26 heavy (non-hydrogen) atoms. The van der Waals surface area contributed by atoms with Crippen LogP contribution in [0.3, 0.4) is 0 Å². The molecule has 3 aromatic rings. The van der Waals surface area contributed by atoms with Crippen molar-refractivity contribution in [2.45, 2.75) is 5.37 Å². The van der Waals surface area contributed by atoms with E-state index in [0.29, 0.717) is 11.5 Å². The SMILES string of the molecule is O=C(COc1ccccc1)NN1C(=O)CS[C@H]1c1c[nH]c2ccccc12. The maximum atomic E-state index is 12.3. The number of hydrazine groups is 1. The number of carbonyl (C=O) groups excluding carboxylic acids is 2. The maximum absolute atomic E-state index is 12.3. The van der Waals surface area contributed by atoms with Crippen LogP contribution >= 0.6 is 11.8 Å². The average Bonchev–Trinajstić information content (AvgIpc) is 3.25. The first-order valence-electron chi connectivity index (χ1n) is 8.19. The third kappa shape index (κ3) is 3.25. The number of para-hydroxylation sites is 2. The molecule has 0 spiro atoms. The first kappa shape index (κ1) is 16.5. The molecule has 1 atom stereocenters. The number of amides is 2. The molecular weight excluding hydrogens is 350 g/mol. The van der Waals surface area contributed by atoms with Gasteiger partial charge in [-0.1, -0.05) is 36.4 Å².